The Kier molecular flexibility index (Phi) is 2.65. The van der Waals surface area contributed by atoms with Crippen LogP contribution in [0.1, 0.15) is 30.4 Å². The molecule has 3 rings (SSSR count). The van der Waals surface area contributed by atoms with Crippen LogP contribution < -0.4 is 5.32 Å². The zero-order valence-corrected chi connectivity index (χ0v) is 9.80. The van der Waals surface area contributed by atoms with E-state index in [4.69, 9.17) is 0 Å². The minimum Gasteiger partial charge on any atom is -0.350 e. The second-order valence-corrected chi connectivity index (χ2v) is 4.87. The Balaban J connectivity index is 1.88. The summed E-state index contributed by atoms with van der Waals surface area (Å²) < 4.78 is 26.7. The third kappa shape index (κ3) is 2.15. The van der Waals surface area contributed by atoms with Crippen molar-refractivity contribution >= 4 is 11.5 Å². The van der Waals surface area contributed by atoms with Gasteiger partial charge in [0.1, 0.15) is 11.6 Å². The summed E-state index contributed by atoms with van der Waals surface area (Å²) in [6.07, 6.45) is 4.64. The lowest BCUT2D eigenvalue weighted by Crippen LogP contribution is -2.23. The average molecular weight is 249 g/mol. The molecule has 4 heteroatoms. The molecule has 0 aromatic heterocycles. The number of amides is 1. The van der Waals surface area contributed by atoms with E-state index in [0.29, 0.717) is 30.0 Å². The predicted octanol–water partition coefficient (Wildman–Crippen LogP) is 2.57. The zero-order chi connectivity index (χ0) is 12.7. The fraction of sp³-hybridized carbons (Fsp3) is 0.357. The first-order valence-corrected chi connectivity index (χ1v) is 6.13. The molecule has 0 atom stereocenters. The molecule has 2 nitrogen and oxygen atoms in total. The van der Waals surface area contributed by atoms with E-state index in [1.54, 1.807) is 0 Å². The highest BCUT2D eigenvalue weighted by Crippen LogP contribution is 2.34. The van der Waals surface area contributed by atoms with Crippen molar-refractivity contribution in [1.82, 2.24) is 5.32 Å². The van der Waals surface area contributed by atoms with Gasteiger partial charge in [0, 0.05) is 18.2 Å². The maximum absolute atomic E-state index is 13.5. The number of carbonyl (C=O) groups is 1. The summed E-state index contributed by atoms with van der Waals surface area (Å²) >= 11 is 0. The molecule has 1 amide bonds. The monoisotopic (exact) mass is 249 g/mol. The number of halogens is 2. The standard InChI is InChI=1S/C14H13F2NO/c15-9-6-12-8(1-4-11(12)13(16)7-9)5-14(18)17-10-2-3-10/h5-7,10H,1-4H2,(H,17,18)/b8-5+. The van der Waals surface area contributed by atoms with Gasteiger partial charge in [-0.05, 0) is 48.4 Å². The lowest BCUT2D eigenvalue weighted by molar-refractivity contribution is -0.116. The molecule has 94 valence electrons. The minimum absolute atomic E-state index is 0.162. The van der Waals surface area contributed by atoms with Gasteiger partial charge in [-0.3, -0.25) is 4.79 Å². The van der Waals surface area contributed by atoms with Gasteiger partial charge in [0.25, 0.3) is 0 Å². The van der Waals surface area contributed by atoms with Crippen LogP contribution in [0.2, 0.25) is 0 Å². The summed E-state index contributed by atoms with van der Waals surface area (Å²) in [5.41, 5.74) is 1.78. The fourth-order valence-electron chi connectivity index (χ4n) is 2.32. The second kappa shape index (κ2) is 4.19. The van der Waals surface area contributed by atoms with E-state index < -0.39 is 11.6 Å². The molecule has 2 aliphatic carbocycles. The topological polar surface area (TPSA) is 29.1 Å². The van der Waals surface area contributed by atoms with Crippen LogP contribution in [0.15, 0.2) is 18.2 Å². The van der Waals surface area contributed by atoms with E-state index >= 15 is 0 Å². The van der Waals surface area contributed by atoms with E-state index in [-0.39, 0.29) is 5.91 Å². The molecule has 1 aromatic rings. The van der Waals surface area contributed by atoms with Crippen LogP contribution in [0.5, 0.6) is 0 Å². The molecule has 0 spiro atoms. The van der Waals surface area contributed by atoms with Crippen LogP contribution in [0.3, 0.4) is 0 Å². The smallest absolute Gasteiger partial charge is 0.244 e. The van der Waals surface area contributed by atoms with E-state index in [1.165, 1.54) is 12.1 Å². The molecule has 18 heavy (non-hydrogen) atoms. The maximum Gasteiger partial charge on any atom is 0.244 e. The Morgan fingerprint density at radius 2 is 2.06 bits per heavy atom. The van der Waals surface area contributed by atoms with E-state index in [1.807, 2.05) is 0 Å². The number of benzene rings is 1. The SMILES string of the molecule is O=C(/C=C1\CCc2c(F)cc(F)cc21)NC1CC1. The van der Waals surface area contributed by atoms with Crippen LogP contribution in [0.25, 0.3) is 5.57 Å². The van der Waals surface area contributed by atoms with Crippen LogP contribution in [0, 0.1) is 11.6 Å². The molecule has 1 fully saturated rings. The number of carbonyl (C=O) groups excluding carboxylic acids is 1. The third-order valence-electron chi connectivity index (χ3n) is 3.38. The van der Waals surface area contributed by atoms with Crippen molar-refractivity contribution in [3.8, 4) is 0 Å². The summed E-state index contributed by atoms with van der Waals surface area (Å²) in [5.74, 6) is -1.28. The number of nitrogens with one attached hydrogen (secondary N) is 1. The number of hydrogen-bond donors (Lipinski definition) is 1. The molecule has 0 saturated heterocycles. The van der Waals surface area contributed by atoms with Gasteiger partial charge in [-0.1, -0.05) is 0 Å². The number of allylic oxidation sites excluding steroid dienone is 1. The Bertz CT molecular complexity index is 547. The number of fused-ring (bicyclic) bond motifs is 1. The third-order valence-corrected chi connectivity index (χ3v) is 3.38. The van der Waals surface area contributed by atoms with Crippen molar-refractivity contribution in [2.24, 2.45) is 0 Å². The van der Waals surface area contributed by atoms with E-state index in [0.717, 1.165) is 24.5 Å². The van der Waals surface area contributed by atoms with Crippen molar-refractivity contribution in [2.45, 2.75) is 31.7 Å². The van der Waals surface area contributed by atoms with Gasteiger partial charge in [-0.2, -0.15) is 0 Å². The Morgan fingerprint density at radius 3 is 2.78 bits per heavy atom. The zero-order valence-electron chi connectivity index (χ0n) is 9.80. The first-order chi connectivity index (χ1) is 8.63. The van der Waals surface area contributed by atoms with Crippen molar-refractivity contribution in [1.29, 1.82) is 0 Å². The van der Waals surface area contributed by atoms with Gasteiger partial charge >= 0.3 is 0 Å². The van der Waals surface area contributed by atoms with Crippen molar-refractivity contribution < 1.29 is 13.6 Å². The Hall–Kier alpha value is -1.71. The molecular weight excluding hydrogens is 236 g/mol. The number of hydrogen-bond acceptors (Lipinski definition) is 1. The van der Waals surface area contributed by atoms with Crippen molar-refractivity contribution in [3.05, 3.63) is 41.0 Å². The van der Waals surface area contributed by atoms with Gasteiger partial charge in [0.2, 0.25) is 5.91 Å². The predicted molar refractivity (Wildman–Crippen MR) is 63.8 cm³/mol. The quantitative estimate of drug-likeness (QED) is 0.802. The molecule has 0 unspecified atom stereocenters. The van der Waals surface area contributed by atoms with Crippen molar-refractivity contribution in [3.63, 3.8) is 0 Å². The van der Waals surface area contributed by atoms with Gasteiger partial charge in [-0.25, -0.2) is 8.78 Å². The summed E-state index contributed by atoms with van der Waals surface area (Å²) in [6, 6.07) is 2.49. The van der Waals surface area contributed by atoms with E-state index in [2.05, 4.69) is 5.32 Å². The second-order valence-electron chi connectivity index (χ2n) is 4.87. The lowest BCUT2D eigenvalue weighted by atomic mass is 10.1. The molecule has 0 aliphatic heterocycles. The summed E-state index contributed by atoms with van der Waals surface area (Å²) in [4.78, 5) is 11.7. The molecule has 0 heterocycles. The summed E-state index contributed by atoms with van der Waals surface area (Å²) in [5, 5.41) is 2.84. The van der Waals surface area contributed by atoms with Gasteiger partial charge in [0.15, 0.2) is 0 Å². The van der Waals surface area contributed by atoms with Gasteiger partial charge in [0.05, 0.1) is 0 Å². The van der Waals surface area contributed by atoms with Gasteiger partial charge < -0.3 is 5.32 Å². The summed E-state index contributed by atoms with van der Waals surface area (Å²) in [6.45, 7) is 0. The number of rotatable bonds is 2. The lowest BCUT2D eigenvalue weighted by Gasteiger charge is -2.03. The summed E-state index contributed by atoms with van der Waals surface area (Å²) in [7, 11) is 0. The minimum atomic E-state index is -0.596. The van der Waals surface area contributed by atoms with Crippen LogP contribution in [-0.2, 0) is 11.2 Å². The first kappa shape index (κ1) is 11.4. The molecule has 2 aliphatic rings. The highest BCUT2D eigenvalue weighted by Gasteiger charge is 2.25. The van der Waals surface area contributed by atoms with Crippen LogP contribution >= 0.6 is 0 Å². The largest absolute Gasteiger partial charge is 0.350 e. The van der Waals surface area contributed by atoms with Crippen molar-refractivity contribution in [2.75, 3.05) is 0 Å². The van der Waals surface area contributed by atoms with Crippen LogP contribution in [0.4, 0.5) is 8.78 Å². The molecule has 0 bridgehead atoms. The highest BCUT2D eigenvalue weighted by atomic mass is 19.1. The first-order valence-electron chi connectivity index (χ1n) is 6.13. The Morgan fingerprint density at radius 1 is 1.28 bits per heavy atom. The molecule has 1 aromatic carbocycles. The molecule has 1 saturated carbocycles. The highest BCUT2D eigenvalue weighted by molar-refractivity contribution is 5.96. The average Bonchev–Trinajstić information content (AvgIpc) is 3.01. The molecule has 1 N–H and O–H groups in total. The van der Waals surface area contributed by atoms with E-state index in [9.17, 15) is 13.6 Å². The molecular formula is C14H13F2NO. The fourth-order valence-corrected chi connectivity index (χ4v) is 2.32. The van der Waals surface area contributed by atoms with Gasteiger partial charge in [-0.15, -0.1) is 0 Å². The van der Waals surface area contributed by atoms with Crippen LogP contribution in [-0.4, -0.2) is 11.9 Å². The Labute approximate surface area is 104 Å². The maximum atomic E-state index is 13.5. The normalized spacial score (nSPS) is 20.0. The molecule has 0 radical (unpaired) electrons.